The first-order valence-electron chi connectivity index (χ1n) is 11.8. The van der Waals surface area contributed by atoms with Crippen molar-refractivity contribution in [3.8, 4) is 0 Å². The predicted octanol–water partition coefficient (Wildman–Crippen LogP) is 8.43. The maximum Gasteiger partial charge on any atom is 0.0686 e. The molecule has 1 atom stereocenters. The largest absolute Gasteiger partial charge is 0.393 e. The Morgan fingerprint density at radius 3 is 1.73 bits per heavy atom. The van der Waals surface area contributed by atoms with E-state index < -0.39 is 8.07 Å². The van der Waals surface area contributed by atoms with Gasteiger partial charge in [-0.05, 0) is 38.5 Å². The van der Waals surface area contributed by atoms with Crippen LogP contribution in [0.1, 0.15) is 117 Å². The fourth-order valence-corrected chi connectivity index (χ4v) is 5.22. The molecule has 26 heavy (non-hydrogen) atoms. The number of hydrogen-bond acceptors (Lipinski definition) is 1. The fraction of sp³-hybridized carbons (Fsp3) is 0.917. The Morgan fingerprint density at radius 2 is 1.15 bits per heavy atom. The van der Waals surface area contributed by atoms with E-state index in [0.717, 1.165) is 12.8 Å². The highest BCUT2D eigenvalue weighted by atomic mass is 28.3. The lowest BCUT2D eigenvalue weighted by atomic mass is 9.99. The van der Waals surface area contributed by atoms with E-state index in [1.165, 1.54) is 89.9 Å². The molecule has 0 saturated heterocycles. The summed E-state index contributed by atoms with van der Waals surface area (Å²) in [6.45, 7) is 11.8. The van der Waals surface area contributed by atoms with Gasteiger partial charge in [-0.1, -0.05) is 109 Å². The number of rotatable bonds is 18. The minimum atomic E-state index is -1.14. The molecule has 0 aliphatic heterocycles. The van der Waals surface area contributed by atoms with Crippen LogP contribution in [0.4, 0.5) is 0 Å². The maximum atomic E-state index is 10.1. The summed E-state index contributed by atoms with van der Waals surface area (Å²) in [5, 5.41) is 10.1. The summed E-state index contributed by atoms with van der Waals surface area (Å²) in [7, 11) is -1.14. The Kier molecular flexibility index (Phi) is 17.0. The molecular formula is C24H50OSi. The van der Waals surface area contributed by atoms with Crippen LogP contribution in [-0.2, 0) is 0 Å². The van der Waals surface area contributed by atoms with Crippen molar-refractivity contribution in [1.82, 2.24) is 0 Å². The molecule has 2 heteroatoms. The minimum Gasteiger partial charge on any atom is -0.393 e. The van der Waals surface area contributed by atoms with Crippen LogP contribution >= 0.6 is 0 Å². The third-order valence-electron chi connectivity index (χ3n) is 5.16. The number of aliphatic hydroxyl groups is 1. The lowest BCUT2D eigenvalue weighted by Gasteiger charge is -2.16. The number of unbranched alkanes of at least 4 members (excludes halogenated alkanes) is 9. The Balaban J connectivity index is 4.01. The molecule has 1 N–H and O–H groups in total. The van der Waals surface area contributed by atoms with Crippen molar-refractivity contribution < 1.29 is 5.11 Å². The normalized spacial score (nSPS) is 14.0. The fourth-order valence-electron chi connectivity index (χ4n) is 3.71. The van der Waals surface area contributed by atoms with Crippen LogP contribution in [-0.4, -0.2) is 19.3 Å². The van der Waals surface area contributed by atoms with Crippen LogP contribution in [0, 0.1) is 0 Å². The molecule has 0 bridgehead atoms. The van der Waals surface area contributed by atoms with E-state index >= 15 is 0 Å². The molecule has 0 radical (unpaired) electrons. The first kappa shape index (κ1) is 25.9. The highest BCUT2D eigenvalue weighted by Crippen LogP contribution is 2.21. The van der Waals surface area contributed by atoms with E-state index in [0.29, 0.717) is 0 Å². The summed E-state index contributed by atoms with van der Waals surface area (Å²) >= 11 is 0. The Hall–Kier alpha value is -0.0831. The van der Waals surface area contributed by atoms with E-state index in [9.17, 15) is 5.11 Å². The zero-order valence-electron chi connectivity index (χ0n) is 18.9. The molecule has 156 valence electrons. The van der Waals surface area contributed by atoms with E-state index in [-0.39, 0.29) is 6.10 Å². The maximum absolute atomic E-state index is 10.1. The third kappa shape index (κ3) is 18.7. The lowest BCUT2D eigenvalue weighted by molar-refractivity contribution is 0.148. The highest BCUT2D eigenvalue weighted by Gasteiger charge is 2.12. The molecule has 0 aromatic carbocycles. The standard InChI is InChI=1S/C24H50OSi/c1-6-8-10-11-12-13-14-16-18-23(22-26(3,4)5)19-17-21-24(25)20-15-9-7-2/h22,24-25H,6-21H2,1-5H3/b23-22+. The van der Waals surface area contributed by atoms with Crippen LogP contribution in [0.25, 0.3) is 0 Å². The molecule has 0 aliphatic rings. The molecule has 0 fully saturated rings. The molecule has 0 aromatic heterocycles. The highest BCUT2D eigenvalue weighted by molar-refractivity contribution is 6.81. The smallest absolute Gasteiger partial charge is 0.0686 e. The van der Waals surface area contributed by atoms with Crippen molar-refractivity contribution in [2.24, 2.45) is 0 Å². The topological polar surface area (TPSA) is 20.2 Å². The summed E-state index contributed by atoms with van der Waals surface area (Å²) in [6.07, 6.45) is 20.5. The minimum absolute atomic E-state index is 0.0715. The number of aliphatic hydroxyl groups excluding tert-OH is 1. The van der Waals surface area contributed by atoms with Gasteiger partial charge in [0.25, 0.3) is 0 Å². The van der Waals surface area contributed by atoms with E-state index in [1.807, 2.05) is 0 Å². The predicted molar refractivity (Wildman–Crippen MR) is 123 cm³/mol. The van der Waals surface area contributed by atoms with Gasteiger partial charge >= 0.3 is 0 Å². The molecule has 0 amide bonds. The van der Waals surface area contributed by atoms with Crippen molar-refractivity contribution in [2.75, 3.05) is 0 Å². The Bertz CT molecular complexity index is 330. The molecule has 0 spiro atoms. The van der Waals surface area contributed by atoms with Gasteiger partial charge in [-0.15, -0.1) is 0 Å². The van der Waals surface area contributed by atoms with Crippen molar-refractivity contribution in [3.05, 3.63) is 11.3 Å². The van der Waals surface area contributed by atoms with Crippen molar-refractivity contribution in [2.45, 2.75) is 142 Å². The second-order valence-corrected chi connectivity index (χ2v) is 14.5. The zero-order chi connectivity index (χ0) is 19.7. The molecule has 0 rings (SSSR count). The molecule has 1 unspecified atom stereocenters. The second kappa shape index (κ2) is 17.0. The molecular weight excluding hydrogens is 332 g/mol. The van der Waals surface area contributed by atoms with Gasteiger partial charge in [0.2, 0.25) is 0 Å². The van der Waals surface area contributed by atoms with Gasteiger partial charge in [0, 0.05) is 0 Å². The van der Waals surface area contributed by atoms with Crippen LogP contribution in [0.2, 0.25) is 19.6 Å². The van der Waals surface area contributed by atoms with Crippen LogP contribution in [0.5, 0.6) is 0 Å². The SMILES string of the molecule is CCCCCCCCCC/C(=C\[Si](C)(C)C)CCCC(O)CCCCC. The summed E-state index contributed by atoms with van der Waals surface area (Å²) in [6, 6.07) is 0. The van der Waals surface area contributed by atoms with Gasteiger partial charge in [0.05, 0.1) is 14.2 Å². The molecule has 1 nitrogen and oxygen atoms in total. The summed E-state index contributed by atoms with van der Waals surface area (Å²) in [5.74, 6) is 0. The molecule has 0 heterocycles. The molecule has 0 saturated carbocycles. The van der Waals surface area contributed by atoms with Crippen LogP contribution < -0.4 is 0 Å². The van der Waals surface area contributed by atoms with E-state index in [4.69, 9.17) is 0 Å². The summed E-state index contributed by atoms with van der Waals surface area (Å²) < 4.78 is 0. The zero-order valence-corrected chi connectivity index (χ0v) is 19.9. The third-order valence-corrected chi connectivity index (χ3v) is 6.44. The van der Waals surface area contributed by atoms with Gasteiger partial charge in [0.1, 0.15) is 0 Å². The lowest BCUT2D eigenvalue weighted by Crippen LogP contribution is -2.17. The second-order valence-electron chi connectivity index (χ2n) is 9.44. The van der Waals surface area contributed by atoms with Crippen molar-refractivity contribution >= 4 is 8.07 Å². The first-order valence-corrected chi connectivity index (χ1v) is 15.4. The average molecular weight is 383 g/mol. The van der Waals surface area contributed by atoms with E-state index in [1.54, 1.807) is 5.57 Å². The van der Waals surface area contributed by atoms with Gasteiger partial charge < -0.3 is 5.11 Å². The van der Waals surface area contributed by atoms with Gasteiger partial charge in [-0.25, -0.2) is 0 Å². The number of allylic oxidation sites excluding steroid dienone is 1. The summed E-state index contributed by atoms with van der Waals surface area (Å²) in [4.78, 5) is 0. The van der Waals surface area contributed by atoms with E-state index in [2.05, 4.69) is 39.2 Å². The first-order chi connectivity index (χ1) is 12.4. The van der Waals surface area contributed by atoms with Crippen LogP contribution in [0.15, 0.2) is 11.3 Å². The average Bonchev–Trinajstić information content (AvgIpc) is 2.56. The van der Waals surface area contributed by atoms with Crippen molar-refractivity contribution in [3.63, 3.8) is 0 Å². The quantitative estimate of drug-likeness (QED) is 0.186. The van der Waals surface area contributed by atoms with Crippen LogP contribution in [0.3, 0.4) is 0 Å². The molecule has 0 aromatic rings. The Morgan fingerprint density at radius 1 is 0.692 bits per heavy atom. The molecule has 0 aliphatic carbocycles. The van der Waals surface area contributed by atoms with Gasteiger partial charge in [-0.3, -0.25) is 0 Å². The van der Waals surface area contributed by atoms with Crippen molar-refractivity contribution in [1.29, 1.82) is 0 Å². The monoisotopic (exact) mass is 382 g/mol. The van der Waals surface area contributed by atoms with Gasteiger partial charge in [-0.2, -0.15) is 0 Å². The summed E-state index contributed by atoms with van der Waals surface area (Å²) in [5.41, 5.74) is 4.33. The number of hydrogen-bond donors (Lipinski definition) is 1. The van der Waals surface area contributed by atoms with Gasteiger partial charge in [0.15, 0.2) is 0 Å². The Labute approximate surface area is 167 Å².